The summed E-state index contributed by atoms with van der Waals surface area (Å²) in [7, 11) is -0.340. The molecule has 1 aliphatic heterocycles. The summed E-state index contributed by atoms with van der Waals surface area (Å²) < 4.78 is 14.3. The Morgan fingerprint density at radius 1 is 1.00 bits per heavy atom. The Morgan fingerprint density at radius 3 is 2.18 bits per heavy atom. The van der Waals surface area contributed by atoms with Gasteiger partial charge in [0, 0.05) is 11.9 Å². The smallest absolute Gasteiger partial charge is 0.399 e. The topological polar surface area (TPSA) is 36.3 Å². The highest BCUT2D eigenvalue weighted by atomic mass is 16.7. The zero-order chi connectivity index (χ0) is 16.1. The van der Waals surface area contributed by atoms with Gasteiger partial charge >= 0.3 is 7.12 Å². The second-order valence-electron chi connectivity index (χ2n) is 7.11. The molecular weight excluding hydrogens is 275 g/mol. The van der Waals surface area contributed by atoms with Crippen molar-refractivity contribution in [1.29, 1.82) is 0 Å². The average molecular weight is 298 g/mol. The van der Waals surface area contributed by atoms with E-state index in [1.807, 2.05) is 24.0 Å². The van der Waals surface area contributed by atoms with Crippen LogP contribution in [0.4, 0.5) is 0 Å². The van der Waals surface area contributed by atoms with E-state index < -0.39 is 0 Å². The molecule has 0 aliphatic carbocycles. The van der Waals surface area contributed by atoms with Crippen molar-refractivity contribution in [3.63, 3.8) is 0 Å². The van der Waals surface area contributed by atoms with E-state index in [0.29, 0.717) is 0 Å². The zero-order valence-electron chi connectivity index (χ0n) is 14.2. The Hall–Kier alpha value is -1.59. The highest BCUT2D eigenvalue weighted by molar-refractivity contribution is 6.62. The number of aromatic nitrogens is 2. The Balaban J connectivity index is 1.98. The lowest BCUT2D eigenvalue weighted by atomic mass is 9.78. The van der Waals surface area contributed by atoms with Crippen molar-refractivity contribution in [2.24, 2.45) is 0 Å². The SMILES string of the molecule is Cc1cc(B2OC(C)(C)C(C)(C)O2)cc(-n2cnc(C)c2)c1. The summed E-state index contributed by atoms with van der Waals surface area (Å²) in [6.07, 6.45) is 3.85. The van der Waals surface area contributed by atoms with Crippen molar-refractivity contribution in [1.82, 2.24) is 9.55 Å². The number of nitrogens with zero attached hydrogens (tertiary/aromatic N) is 2. The summed E-state index contributed by atoms with van der Waals surface area (Å²) in [6, 6.07) is 6.36. The minimum atomic E-state index is -0.340. The van der Waals surface area contributed by atoms with Crippen molar-refractivity contribution in [3.05, 3.63) is 42.0 Å². The molecule has 0 amide bonds. The molecule has 0 radical (unpaired) electrons. The Labute approximate surface area is 132 Å². The van der Waals surface area contributed by atoms with Gasteiger partial charge < -0.3 is 13.9 Å². The van der Waals surface area contributed by atoms with Gasteiger partial charge in [-0.3, -0.25) is 0 Å². The number of hydrogen-bond acceptors (Lipinski definition) is 3. The van der Waals surface area contributed by atoms with Gasteiger partial charge in [-0.25, -0.2) is 4.98 Å². The largest absolute Gasteiger partial charge is 0.494 e. The van der Waals surface area contributed by atoms with Crippen LogP contribution in [0.25, 0.3) is 5.69 Å². The van der Waals surface area contributed by atoms with E-state index in [9.17, 15) is 0 Å². The number of benzene rings is 1. The van der Waals surface area contributed by atoms with Crippen molar-refractivity contribution in [2.75, 3.05) is 0 Å². The molecule has 0 saturated carbocycles. The molecule has 116 valence electrons. The summed E-state index contributed by atoms with van der Waals surface area (Å²) in [6.45, 7) is 12.4. The maximum absolute atomic E-state index is 6.15. The molecule has 5 heteroatoms. The fraction of sp³-hybridized carbons (Fsp3) is 0.471. The first-order chi connectivity index (χ1) is 10.2. The third kappa shape index (κ3) is 2.59. The summed E-state index contributed by atoms with van der Waals surface area (Å²) in [5.74, 6) is 0. The van der Waals surface area contributed by atoms with Gasteiger partial charge in [0.1, 0.15) is 0 Å². The molecule has 1 aromatic heterocycles. The van der Waals surface area contributed by atoms with E-state index in [1.54, 1.807) is 0 Å². The van der Waals surface area contributed by atoms with E-state index >= 15 is 0 Å². The standard InChI is InChI=1S/C17H23BN2O2/c1-12-7-14(18-21-16(3,4)17(5,6)22-18)9-15(8-12)20-10-13(2)19-11-20/h7-11H,1-6H3. The number of rotatable bonds is 2. The maximum atomic E-state index is 6.15. The highest BCUT2D eigenvalue weighted by Crippen LogP contribution is 2.36. The lowest BCUT2D eigenvalue weighted by molar-refractivity contribution is 0.00578. The van der Waals surface area contributed by atoms with Crippen LogP contribution in [0.5, 0.6) is 0 Å². The van der Waals surface area contributed by atoms with Gasteiger partial charge in [0.25, 0.3) is 0 Å². The second-order valence-corrected chi connectivity index (χ2v) is 7.11. The first kappa shape index (κ1) is 15.3. The van der Waals surface area contributed by atoms with Crippen LogP contribution in [0, 0.1) is 13.8 Å². The molecule has 3 rings (SSSR count). The molecule has 1 aliphatic rings. The van der Waals surface area contributed by atoms with Gasteiger partial charge in [0.2, 0.25) is 0 Å². The summed E-state index contributed by atoms with van der Waals surface area (Å²) in [4.78, 5) is 4.30. The Bertz CT molecular complexity index is 690. The summed E-state index contributed by atoms with van der Waals surface area (Å²) in [5, 5.41) is 0. The first-order valence-corrected chi connectivity index (χ1v) is 7.66. The van der Waals surface area contributed by atoms with Gasteiger partial charge in [0.15, 0.2) is 0 Å². The molecular formula is C17H23BN2O2. The third-order valence-electron chi connectivity index (χ3n) is 4.62. The van der Waals surface area contributed by atoms with Crippen LogP contribution in [-0.4, -0.2) is 27.9 Å². The lowest BCUT2D eigenvalue weighted by Crippen LogP contribution is -2.41. The van der Waals surface area contributed by atoms with Crippen molar-refractivity contribution < 1.29 is 9.31 Å². The molecule has 0 N–H and O–H groups in total. The minimum Gasteiger partial charge on any atom is -0.399 e. The molecule has 1 saturated heterocycles. The van der Waals surface area contributed by atoms with E-state index in [1.165, 1.54) is 5.56 Å². The number of aryl methyl sites for hydroxylation is 2. The summed E-state index contributed by atoms with van der Waals surface area (Å²) in [5.41, 5.74) is 3.64. The molecule has 0 unspecified atom stereocenters. The van der Waals surface area contributed by atoms with Gasteiger partial charge in [-0.15, -0.1) is 0 Å². The van der Waals surface area contributed by atoms with Crippen molar-refractivity contribution in [2.45, 2.75) is 52.7 Å². The molecule has 22 heavy (non-hydrogen) atoms. The Kier molecular flexibility index (Phi) is 3.46. The van der Waals surface area contributed by atoms with Gasteiger partial charge in [-0.1, -0.05) is 6.07 Å². The fourth-order valence-electron chi connectivity index (χ4n) is 2.62. The van der Waals surface area contributed by atoms with E-state index in [2.05, 4.69) is 57.8 Å². The van der Waals surface area contributed by atoms with Crippen LogP contribution >= 0.6 is 0 Å². The molecule has 0 spiro atoms. The Morgan fingerprint density at radius 2 is 1.64 bits per heavy atom. The average Bonchev–Trinajstić information content (AvgIpc) is 2.91. The predicted octanol–water partition coefficient (Wildman–Crippen LogP) is 2.79. The fourth-order valence-corrected chi connectivity index (χ4v) is 2.62. The normalized spacial score (nSPS) is 19.6. The molecule has 4 nitrogen and oxygen atoms in total. The van der Waals surface area contributed by atoms with Crippen LogP contribution in [-0.2, 0) is 9.31 Å². The molecule has 0 atom stereocenters. The van der Waals surface area contributed by atoms with Crippen LogP contribution in [0.1, 0.15) is 39.0 Å². The van der Waals surface area contributed by atoms with E-state index in [-0.39, 0.29) is 18.3 Å². The minimum absolute atomic E-state index is 0.326. The maximum Gasteiger partial charge on any atom is 0.494 e. The zero-order valence-corrected chi connectivity index (χ0v) is 14.2. The van der Waals surface area contributed by atoms with Gasteiger partial charge in [-0.2, -0.15) is 0 Å². The second kappa shape index (κ2) is 4.96. The first-order valence-electron chi connectivity index (χ1n) is 7.66. The predicted molar refractivity (Wildman–Crippen MR) is 88.8 cm³/mol. The summed E-state index contributed by atoms with van der Waals surface area (Å²) >= 11 is 0. The van der Waals surface area contributed by atoms with Crippen LogP contribution < -0.4 is 5.46 Å². The monoisotopic (exact) mass is 298 g/mol. The number of imidazole rings is 1. The van der Waals surface area contributed by atoms with Crippen molar-refractivity contribution >= 4 is 12.6 Å². The van der Waals surface area contributed by atoms with Gasteiger partial charge in [0.05, 0.1) is 23.2 Å². The quantitative estimate of drug-likeness (QED) is 0.800. The van der Waals surface area contributed by atoms with Crippen LogP contribution in [0.3, 0.4) is 0 Å². The molecule has 2 aromatic rings. The van der Waals surface area contributed by atoms with Gasteiger partial charge in [-0.05, 0) is 64.7 Å². The third-order valence-corrected chi connectivity index (χ3v) is 4.62. The number of hydrogen-bond donors (Lipinski definition) is 0. The molecule has 1 fully saturated rings. The molecule has 0 bridgehead atoms. The van der Waals surface area contributed by atoms with E-state index in [4.69, 9.17) is 9.31 Å². The highest BCUT2D eigenvalue weighted by Gasteiger charge is 2.51. The lowest BCUT2D eigenvalue weighted by Gasteiger charge is -2.32. The van der Waals surface area contributed by atoms with Crippen molar-refractivity contribution in [3.8, 4) is 5.69 Å². The molecule has 2 heterocycles. The van der Waals surface area contributed by atoms with Crippen LogP contribution in [0.15, 0.2) is 30.7 Å². The van der Waals surface area contributed by atoms with E-state index in [0.717, 1.165) is 16.8 Å². The van der Waals surface area contributed by atoms with Crippen LogP contribution in [0.2, 0.25) is 0 Å². The molecule has 1 aromatic carbocycles.